The van der Waals surface area contributed by atoms with E-state index in [9.17, 15) is 0 Å². The normalized spacial score (nSPS) is 12.6. The lowest BCUT2D eigenvalue weighted by molar-refractivity contribution is 1.48. The van der Waals surface area contributed by atoms with Crippen LogP contribution in [-0.2, 0) is 0 Å². The van der Waals surface area contributed by atoms with Gasteiger partial charge >= 0.3 is 0 Å². The zero-order valence-electron chi connectivity index (χ0n) is 5.31. The first-order chi connectivity index (χ1) is 4.38. The molecule has 0 atom stereocenters. The van der Waals surface area contributed by atoms with Gasteiger partial charge in [0.05, 0.1) is 0 Å². The summed E-state index contributed by atoms with van der Waals surface area (Å²) in [5.41, 5.74) is 4.50. The van der Waals surface area contributed by atoms with Crippen molar-refractivity contribution in [2.24, 2.45) is 0 Å². The van der Waals surface area contributed by atoms with Gasteiger partial charge in [-0.15, -0.1) is 29.0 Å². The Balaban J connectivity index is 3.15. The standard InChI is InChI=1S/C9H7/c1-7-5-6-8-3-2-4-9(7)8/h2-3,5-6H,1H3/q-1. The Morgan fingerprint density at radius 3 is 3.22 bits per heavy atom. The van der Waals surface area contributed by atoms with E-state index >= 15 is 0 Å². The molecule has 1 aromatic carbocycles. The van der Waals surface area contributed by atoms with Gasteiger partial charge in [0.1, 0.15) is 0 Å². The van der Waals surface area contributed by atoms with Gasteiger partial charge in [-0.3, -0.25) is 0 Å². The third-order valence-electron chi connectivity index (χ3n) is 1.69. The van der Waals surface area contributed by atoms with Crippen molar-refractivity contribution in [2.75, 3.05) is 0 Å². The molecule has 1 aromatic rings. The predicted molar refractivity (Wildman–Crippen MR) is 38.5 cm³/mol. The van der Waals surface area contributed by atoms with E-state index in [0.29, 0.717) is 0 Å². The topological polar surface area (TPSA) is 0 Å². The Hall–Kier alpha value is -1.13. The van der Waals surface area contributed by atoms with E-state index < -0.39 is 0 Å². The summed E-state index contributed by atoms with van der Waals surface area (Å²) in [6.07, 6.45) is 4.06. The van der Waals surface area contributed by atoms with Gasteiger partial charge in [0.15, 0.2) is 0 Å². The van der Waals surface area contributed by atoms with Crippen LogP contribution in [-0.4, -0.2) is 0 Å². The van der Waals surface area contributed by atoms with Crippen molar-refractivity contribution in [2.45, 2.75) is 6.92 Å². The van der Waals surface area contributed by atoms with Crippen molar-refractivity contribution < 1.29 is 0 Å². The Labute approximate surface area is 53.8 Å². The van der Waals surface area contributed by atoms with Crippen LogP contribution in [0.5, 0.6) is 0 Å². The first-order valence-corrected chi connectivity index (χ1v) is 3.07. The Morgan fingerprint density at radius 1 is 1.56 bits per heavy atom. The van der Waals surface area contributed by atoms with Crippen molar-refractivity contribution >= 4 is 11.8 Å². The maximum absolute atomic E-state index is 3.17. The molecule has 0 amide bonds. The minimum Gasteiger partial charge on any atom is -0.183 e. The van der Waals surface area contributed by atoms with Crippen LogP contribution in [0.2, 0.25) is 0 Å². The quantitative estimate of drug-likeness (QED) is 0.430. The van der Waals surface area contributed by atoms with Crippen LogP contribution in [0.4, 0.5) is 0 Å². The SMILES string of the molecule is Cc1c[cH-]c2c1=C=CC=2. The number of allylic oxidation sites excluding steroid dienone is 1. The Bertz CT molecular complexity index is 371. The molecule has 44 valence electrons. The van der Waals surface area contributed by atoms with E-state index in [-0.39, 0.29) is 0 Å². The van der Waals surface area contributed by atoms with Crippen molar-refractivity contribution in [3.8, 4) is 0 Å². The highest BCUT2D eigenvalue weighted by Crippen LogP contribution is 1.86. The van der Waals surface area contributed by atoms with E-state index in [1.54, 1.807) is 0 Å². The van der Waals surface area contributed by atoms with Crippen molar-refractivity contribution in [3.63, 3.8) is 0 Å². The third-order valence-corrected chi connectivity index (χ3v) is 1.69. The van der Waals surface area contributed by atoms with Crippen LogP contribution in [0.15, 0.2) is 18.2 Å². The molecule has 0 heterocycles. The lowest BCUT2D eigenvalue weighted by Gasteiger charge is -1.83. The fourth-order valence-corrected chi connectivity index (χ4v) is 1.16. The fourth-order valence-electron chi connectivity index (χ4n) is 1.16. The molecule has 0 aromatic heterocycles. The summed E-state index contributed by atoms with van der Waals surface area (Å²) in [6, 6.07) is 4.25. The fraction of sp³-hybridized carbons (Fsp3) is 0.111. The molecule has 0 unspecified atom stereocenters. The number of hydrogen-bond donors (Lipinski definition) is 0. The summed E-state index contributed by atoms with van der Waals surface area (Å²) < 4.78 is 0. The van der Waals surface area contributed by atoms with E-state index in [1.807, 2.05) is 6.08 Å². The van der Waals surface area contributed by atoms with Gasteiger partial charge in [-0.2, -0.15) is 5.73 Å². The van der Waals surface area contributed by atoms with Gasteiger partial charge in [-0.05, 0) is 0 Å². The molecule has 0 spiro atoms. The second-order valence-electron chi connectivity index (χ2n) is 2.32. The lowest BCUT2D eigenvalue weighted by atomic mass is 10.3. The van der Waals surface area contributed by atoms with Gasteiger partial charge in [-0.1, -0.05) is 18.2 Å². The third kappa shape index (κ3) is 0.510. The molecule has 0 heteroatoms. The zero-order valence-corrected chi connectivity index (χ0v) is 5.31. The highest BCUT2D eigenvalue weighted by Gasteiger charge is 1.82. The van der Waals surface area contributed by atoms with E-state index in [0.717, 1.165) is 0 Å². The highest BCUT2D eigenvalue weighted by molar-refractivity contribution is 5.52. The van der Waals surface area contributed by atoms with E-state index in [2.05, 4.69) is 30.9 Å². The molecule has 0 saturated carbocycles. The molecule has 0 nitrogen and oxygen atoms in total. The van der Waals surface area contributed by atoms with Gasteiger partial charge in [0.25, 0.3) is 0 Å². The molecular formula is C9H7-. The smallest absolute Gasteiger partial charge is 0.0714 e. The summed E-state index contributed by atoms with van der Waals surface area (Å²) in [4.78, 5) is 0. The predicted octanol–water partition coefficient (Wildman–Crippen LogP) is 0.444. The van der Waals surface area contributed by atoms with E-state index in [1.165, 1.54) is 16.0 Å². The average Bonchev–Trinajstić information content (AvgIpc) is 2.35. The number of aryl methyl sites for hydroxylation is 1. The maximum Gasteiger partial charge on any atom is -0.0714 e. The lowest BCUT2D eigenvalue weighted by Crippen LogP contribution is -2.17. The van der Waals surface area contributed by atoms with Crippen molar-refractivity contribution in [1.29, 1.82) is 0 Å². The van der Waals surface area contributed by atoms with Gasteiger partial charge in [0, 0.05) is 0 Å². The minimum atomic E-state index is 1.27. The molecule has 0 N–H and O–H groups in total. The summed E-state index contributed by atoms with van der Waals surface area (Å²) in [5.74, 6) is 0. The molecular weight excluding hydrogens is 108 g/mol. The molecule has 1 aliphatic rings. The molecule has 9 heavy (non-hydrogen) atoms. The summed E-state index contributed by atoms with van der Waals surface area (Å²) in [5, 5.41) is 2.59. The second kappa shape index (κ2) is 1.43. The minimum absolute atomic E-state index is 1.27. The van der Waals surface area contributed by atoms with Crippen LogP contribution >= 0.6 is 0 Å². The highest BCUT2D eigenvalue weighted by atomic mass is 14.0. The van der Waals surface area contributed by atoms with E-state index in [4.69, 9.17) is 0 Å². The molecule has 0 saturated heterocycles. The summed E-state index contributed by atoms with van der Waals surface area (Å²) in [6.45, 7) is 2.11. The molecule has 0 fully saturated rings. The number of fused-ring (bicyclic) bond motifs is 1. The first kappa shape index (κ1) is 4.72. The molecule has 0 aliphatic heterocycles. The van der Waals surface area contributed by atoms with Gasteiger partial charge < -0.3 is 0 Å². The largest absolute Gasteiger partial charge is 0.183 e. The molecule has 2 rings (SSSR count). The van der Waals surface area contributed by atoms with Gasteiger partial charge in [0.2, 0.25) is 0 Å². The van der Waals surface area contributed by atoms with Crippen LogP contribution in [0, 0.1) is 6.92 Å². The van der Waals surface area contributed by atoms with Crippen LogP contribution in [0.1, 0.15) is 5.56 Å². The maximum atomic E-state index is 3.17. The van der Waals surface area contributed by atoms with Crippen molar-refractivity contribution in [1.82, 2.24) is 0 Å². The summed E-state index contributed by atoms with van der Waals surface area (Å²) >= 11 is 0. The Morgan fingerprint density at radius 2 is 2.44 bits per heavy atom. The first-order valence-electron chi connectivity index (χ1n) is 3.07. The molecule has 1 aliphatic carbocycles. The second-order valence-corrected chi connectivity index (χ2v) is 2.32. The molecule has 0 radical (unpaired) electrons. The van der Waals surface area contributed by atoms with Crippen LogP contribution < -0.4 is 10.4 Å². The summed E-state index contributed by atoms with van der Waals surface area (Å²) in [7, 11) is 0. The number of hydrogen-bond acceptors (Lipinski definition) is 0. The number of rotatable bonds is 0. The zero-order chi connectivity index (χ0) is 6.27. The van der Waals surface area contributed by atoms with Crippen molar-refractivity contribution in [3.05, 3.63) is 34.2 Å². The van der Waals surface area contributed by atoms with Crippen LogP contribution in [0.3, 0.4) is 0 Å². The average molecular weight is 115 g/mol. The van der Waals surface area contributed by atoms with Gasteiger partial charge in [-0.25, -0.2) is 0 Å². The monoisotopic (exact) mass is 115 g/mol. The van der Waals surface area contributed by atoms with Crippen LogP contribution in [0.25, 0.3) is 11.8 Å². The molecule has 0 bridgehead atoms. The Kier molecular flexibility index (Phi) is 0.750.